The second-order valence-electron chi connectivity index (χ2n) is 4.12. The van der Waals surface area contributed by atoms with Gasteiger partial charge in [0.1, 0.15) is 11.0 Å². The first kappa shape index (κ1) is 11.0. The van der Waals surface area contributed by atoms with Crippen molar-refractivity contribution in [2.45, 2.75) is 13.5 Å². The Kier molecular flexibility index (Phi) is 2.64. The molecule has 0 fully saturated rings. The van der Waals surface area contributed by atoms with Crippen molar-refractivity contribution in [1.29, 1.82) is 0 Å². The van der Waals surface area contributed by atoms with Crippen LogP contribution in [-0.4, -0.2) is 18.5 Å². The smallest absolute Gasteiger partial charge is 0.267 e. The molecule has 0 saturated carbocycles. The zero-order valence-electron chi connectivity index (χ0n) is 9.70. The van der Waals surface area contributed by atoms with Gasteiger partial charge in [0.15, 0.2) is 0 Å². The zero-order valence-corrected chi connectivity index (χ0v) is 10.5. The molecule has 0 atom stereocenters. The SMILES string of the molecule is Cc1cnn(Cc2ccc3nsnc3c2)c(=O)c1. The Labute approximate surface area is 107 Å². The molecule has 0 aliphatic rings. The predicted octanol–water partition coefficient (Wildman–Crippen LogP) is 1.60. The van der Waals surface area contributed by atoms with Crippen molar-refractivity contribution in [3.8, 4) is 0 Å². The minimum atomic E-state index is -0.0912. The summed E-state index contributed by atoms with van der Waals surface area (Å²) >= 11 is 1.19. The second kappa shape index (κ2) is 4.30. The first-order chi connectivity index (χ1) is 8.72. The van der Waals surface area contributed by atoms with Crippen LogP contribution >= 0.6 is 11.7 Å². The van der Waals surface area contributed by atoms with Gasteiger partial charge in [0.25, 0.3) is 5.56 Å². The van der Waals surface area contributed by atoms with E-state index >= 15 is 0 Å². The van der Waals surface area contributed by atoms with Crippen LogP contribution in [-0.2, 0) is 6.54 Å². The molecule has 0 aliphatic heterocycles. The van der Waals surface area contributed by atoms with Gasteiger partial charge in [-0.15, -0.1) is 0 Å². The molecule has 2 heterocycles. The van der Waals surface area contributed by atoms with Crippen LogP contribution in [0.2, 0.25) is 0 Å². The van der Waals surface area contributed by atoms with Gasteiger partial charge in [0.2, 0.25) is 0 Å². The molecule has 0 aliphatic carbocycles. The Morgan fingerprint density at radius 3 is 2.89 bits per heavy atom. The lowest BCUT2D eigenvalue weighted by molar-refractivity contribution is 0.636. The lowest BCUT2D eigenvalue weighted by Gasteiger charge is -2.04. The molecule has 0 amide bonds. The molecular weight excluding hydrogens is 248 g/mol. The number of hydrogen-bond acceptors (Lipinski definition) is 5. The van der Waals surface area contributed by atoms with Crippen molar-refractivity contribution in [2.75, 3.05) is 0 Å². The van der Waals surface area contributed by atoms with Crippen molar-refractivity contribution >= 4 is 22.8 Å². The van der Waals surface area contributed by atoms with E-state index in [1.54, 1.807) is 12.3 Å². The van der Waals surface area contributed by atoms with Crippen molar-refractivity contribution in [1.82, 2.24) is 18.5 Å². The molecule has 2 aromatic heterocycles. The van der Waals surface area contributed by atoms with E-state index in [0.29, 0.717) is 6.54 Å². The lowest BCUT2D eigenvalue weighted by Crippen LogP contribution is -2.22. The van der Waals surface area contributed by atoms with Gasteiger partial charge in [-0.05, 0) is 30.2 Å². The topological polar surface area (TPSA) is 60.7 Å². The van der Waals surface area contributed by atoms with Crippen molar-refractivity contribution in [2.24, 2.45) is 0 Å². The van der Waals surface area contributed by atoms with Gasteiger partial charge in [-0.3, -0.25) is 4.79 Å². The summed E-state index contributed by atoms with van der Waals surface area (Å²) in [4.78, 5) is 11.7. The molecule has 6 heteroatoms. The van der Waals surface area contributed by atoms with E-state index in [1.165, 1.54) is 16.4 Å². The van der Waals surface area contributed by atoms with Crippen LogP contribution < -0.4 is 5.56 Å². The van der Waals surface area contributed by atoms with Gasteiger partial charge < -0.3 is 0 Å². The first-order valence-electron chi connectivity index (χ1n) is 5.47. The number of hydrogen-bond donors (Lipinski definition) is 0. The zero-order chi connectivity index (χ0) is 12.5. The van der Waals surface area contributed by atoms with E-state index in [0.717, 1.165) is 22.2 Å². The Morgan fingerprint density at radius 2 is 2.06 bits per heavy atom. The molecular formula is C12H10N4OS. The van der Waals surface area contributed by atoms with Crippen LogP contribution in [0.3, 0.4) is 0 Å². The highest BCUT2D eigenvalue weighted by Gasteiger charge is 2.03. The molecule has 0 unspecified atom stereocenters. The number of rotatable bonds is 2. The van der Waals surface area contributed by atoms with Crippen molar-refractivity contribution in [3.63, 3.8) is 0 Å². The summed E-state index contributed by atoms with van der Waals surface area (Å²) in [5.41, 5.74) is 3.51. The standard InChI is InChI=1S/C12H10N4OS/c1-8-4-12(17)16(13-6-8)7-9-2-3-10-11(5-9)15-18-14-10/h2-6H,7H2,1H3. The molecule has 0 spiro atoms. The molecule has 0 saturated heterocycles. The normalized spacial score (nSPS) is 10.9. The Morgan fingerprint density at radius 1 is 1.22 bits per heavy atom. The van der Waals surface area contributed by atoms with E-state index in [-0.39, 0.29) is 5.56 Å². The quantitative estimate of drug-likeness (QED) is 0.700. The molecule has 3 rings (SSSR count). The molecule has 18 heavy (non-hydrogen) atoms. The van der Waals surface area contributed by atoms with Gasteiger partial charge >= 0.3 is 0 Å². The maximum atomic E-state index is 11.7. The highest BCUT2D eigenvalue weighted by molar-refractivity contribution is 7.00. The van der Waals surface area contributed by atoms with Gasteiger partial charge in [-0.2, -0.15) is 13.8 Å². The third-order valence-corrected chi connectivity index (χ3v) is 3.21. The van der Waals surface area contributed by atoms with Gasteiger partial charge in [-0.25, -0.2) is 4.68 Å². The molecule has 0 N–H and O–H groups in total. The highest BCUT2D eigenvalue weighted by Crippen LogP contribution is 2.13. The summed E-state index contributed by atoms with van der Waals surface area (Å²) in [6, 6.07) is 7.37. The third kappa shape index (κ3) is 2.02. The van der Waals surface area contributed by atoms with Crippen molar-refractivity contribution in [3.05, 3.63) is 51.9 Å². The van der Waals surface area contributed by atoms with Crippen LogP contribution in [0.25, 0.3) is 11.0 Å². The van der Waals surface area contributed by atoms with Gasteiger partial charge in [0.05, 0.1) is 24.5 Å². The van der Waals surface area contributed by atoms with Crippen LogP contribution in [0.4, 0.5) is 0 Å². The fourth-order valence-corrected chi connectivity index (χ4v) is 2.26. The van der Waals surface area contributed by atoms with Crippen LogP contribution in [0.15, 0.2) is 35.3 Å². The highest BCUT2D eigenvalue weighted by atomic mass is 32.1. The molecule has 3 aromatic rings. The summed E-state index contributed by atoms with van der Waals surface area (Å²) in [7, 11) is 0. The summed E-state index contributed by atoms with van der Waals surface area (Å²) in [6.45, 7) is 2.30. The minimum Gasteiger partial charge on any atom is -0.268 e. The maximum Gasteiger partial charge on any atom is 0.267 e. The molecule has 0 bridgehead atoms. The average Bonchev–Trinajstić information content (AvgIpc) is 2.80. The summed E-state index contributed by atoms with van der Waals surface area (Å²) in [6.07, 6.45) is 1.68. The molecule has 5 nitrogen and oxygen atoms in total. The molecule has 90 valence electrons. The Balaban J connectivity index is 1.98. The number of fused-ring (bicyclic) bond motifs is 1. The monoisotopic (exact) mass is 258 g/mol. The van der Waals surface area contributed by atoms with E-state index < -0.39 is 0 Å². The lowest BCUT2D eigenvalue weighted by atomic mass is 10.2. The van der Waals surface area contributed by atoms with E-state index in [2.05, 4.69) is 13.8 Å². The Hall–Kier alpha value is -2.08. The van der Waals surface area contributed by atoms with Crippen LogP contribution in [0.5, 0.6) is 0 Å². The third-order valence-electron chi connectivity index (χ3n) is 2.66. The minimum absolute atomic E-state index is 0.0912. The summed E-state index contributed by atoms with van der Waals surface area (Å²) in [5.74, 6) is 0. The summed E-state index contributed by atoms with van der Waals surface area (Å²) in [5, 5.41) is 4.11. The number of aromatic nitrogens is 4. The van der Waals surface area contributed by atoms with E-state index in [1.807, 2.05) is 25.1 Å². The largest absolute Gasteiger partial charge is 0.268 e. The fourth-order valence-electron chi connectivity index (χ4n) is 1.74. The maximum absolute atomic E-state index is 11.7. The number of aryl methyl sites for hydroxylation is 1. The first-order valence-corrected chi connectivity index (χ1v) is 6.20. The van der Waals surface area contributed by atoms with Crippen LogP contribution in [0, 0.1) is 6.92 Å². The number of benzene rings is 1. The predicted molar refractivity (Wildman–Crippen MR) is 69.8 cm³/mol. The van der Waals surface area contributed by atoms with Gasteiger partial charge in [0, 0.05) is 6.07 Å². The fraction of sp³-hybridized carbons (Fsp3) is 0.167. The Bertz CT molecular complexity index is 762. The van der Waals surface area contributed by atoms with E-state index in [4.69, 9.17) is 0 Å². The summed E-state index contributed by atoms with van der Waals surface area (Å²) < 4.78 is 9.76. The molecule has 0 radical (unpaired) electrons. The molecule has 1 aromatic carbocycles. The average molecular weight is 258 g/mol. The van der Waals surface area contributed by atoms with Crippen molar-refractivity contribution < 1.29 is 0 Å². The van der Waals surface area contributed by atoms with Crippen LogP contribution in [0.1, 0.15) is 11.1 Å². The number of nitrogens with zero attached hydrogens (tertiary/aromatic N) is 4. The van der Waals surface area contributed by atoms with Gasteiger partial charge in [-0.1, -0.05) is 6.07 Å². The van der Waals surface area contributed by atoms with E-state index in [9.17, 15) is 4.79 Å². The second-order valence-corrected chi connectivity index (χ2v) is 4.64.